The van der Waals surface area contributed by atoms with E-state index in [4.69, 9.17) is 32.7 Å². The lowest BCUT2D eigenvalue weighted by molar-refractivity contribution is 0.402. The summed E-state index contributed by atoms with van der Waals surface area (Å²) in [5.74, 6) is 1.55. The Balaban J connectivity index is 1.97. The van der Waals surface area contributed by atoms with Gasteiger partial charge in [-0.15, -0.1) is 0 Å². The lowest BCUT2D eigenvalue weighted by Crippen LogP contribution is -2.18. The quantitative estimate of drug-likeness (QED) is 0.656. The van der Waals surface area contributed by atoms with E-state index in [2.05, 4.69) is 9.89 Å². The highest BCUT2D eigenvalue weighted by atomic mass is 35.5. The number of benzene rings is 2. The highest BCUT2D eigenvalue weighted by Gasteiger charge is 2.19. The second-order valence-corrected chi connectivity index (χ2v) is 6.58. The van der Waals surface area contributed by atoms with Crippen molar-refractivity contribution in [2.75, 3.05) is 32.2 Å². The van der Waals surface area contributed by atoms with E-state index in [0.29, 0.717) is 15.7 Å². The maximum Gasteiger partial charge on any atom is 0.143 e. The van der Waals surface area contributed by atoms with Crippen LogP contribution < -0.4 is 14.4 Å². The fraction of sp³-hybridized carbons (Fsp3) is 0.316. The number of ether oxygens (including phenoxy) is 2. The van der Waals surface area contributed by atoms with E-state index in [1.54, 1.807) is 26.5 Å². The van der Waals surface area contributed by atoms with Gasteiger partial charge in [0.15, 0.2) is 0 Å². The third-order valence-electron chi connectivity index (χ3n) is 4.25. The van der Waals surface area contributed by atoms with Gasteiger partial charge in [0.2, 0.25) is 0 Å². The minimum Gasteiger partial charge on any atom is -0.496 e. The van der Waals surface area contributed by atoms with E-state index in [0.717, 1.165) is 35.8 Å². The standard InChI is InChI=1S/C19H20Cl2N2O2/c1-24-17-11-16(23-8-3-4-9-23)18(25-2)10-13(17)12-22-15-7-5-6-14(20)19(15)21/h5-7,10-12H,3-4,8-9H2,1-2H3. The zero-order chi connectivity index (χ0) is 17.8. The Bertz CT molecular complexity index is 787. The molecule has 2 aromatic carbocycles. The van der Waals surface area contributed by atoms with Gasteiger partial charge in [0, 0.05) is 30.9 Å². The van der Waals surface area contributed by atoms with Crippen molar-refractivity contribution < 1.29 is 9.47 Å². The first-order chi connectivity index (χ1) is 12.1. The molecule has 1 heterocycles. The number of halogens is 2. The normalized spacial score (nSPS) is 14.3. The minimum absolute atomic E-state index is 0.431. The molecule has 132 valence electrons. The van der Waals surface area contributed by atoms with Gasteiger partial charge in [0.1, 0.15) is 11.5 Å². The Morgan fingerprint density at radius 2 is 1.76 bits per heavy atom. The van der Waals surface area contributed by atoms with Crippen molar-refractivity contribution in [3.63, 3.8) is 0 Å². The lowest BCUT2D eigenvalue weighted by Gasteiger charge is -2.22. The van der Waals surface area contributed by atoms with Crippen LogP contribution >= 0.6 is 23.2 Å². The van der Waals surface area contributed by atoms with Crippen LogP contribution in [0.15, 0.2) is 35.3 Å². The van der Waals surface area contributed by atoms with Crippen molar-refractivity contribution in [1.29, 1.82) is 0 Å². The molecule has 0 unspecified atom stereocenters. The molecule has 1 saturated heterocycles. The Morgan fingerprint density at radius 3 is 2.44 bits per heavy atom. The predicted octanol–water partition coefficient (Wildman–Crippen LogP) is 5.36. The van der Waals surface area contributed by atoms with Gasteiger partial charge in [-0.2, -0.15) is 0 Å². The van der Waals surface area contributed by atoms with Crippen molar-refractivity contribution in [3.8, 4) is 11.5 Å². The Kier molecular flexibility index (Phi) is 5.71. The van der Waals surface area contributed by atoms with Crippen LogP contribution in [0.1, 0.15) is 18.4 Å². The smallest absolute Gasteiger partial charge is 0.143 e. The first-order valence-corrected chi connectivity index (χ1v) is 8.88. The number of anilines is 1. The molecule has 0 aromatic heterocycles. The average Bonchev–Trinajstić information content (AvgIpc) is 3.16. The van der Waals surface area contributed by atoms with E-state index in [-0.39, 0.29) is 0 Å². The van der Waals surface area contributed by atoms with Crippen LogP contribution in [0.4, 0.5) is 11.4 Å². The number of rotatable bonds is 5. The molecule has 1 aliphatic rings. The summed E-state index contributed by atoms with van der Waals surface area (Å²) < 4.78 is 11.1. The predicted molar refractivity (Wildman–Crippen MR) is 105 cm³/mol. The molecule has 2 aromatic rings. The number of hydrogen-bond acceptors (Lipinski definition) is 4. The SMILES string of the molecule is COc1cc(N2CCCC2)c(OC)cc1C=Nc1cccc(Cl)c1Cl. The Morgan fingerprint density at radius 1 is 1.04 bits per heavy atom. The number of hydrogen-bond donors (Lipinski definition) is 0. The fourth-order valence-electron chi connectivity index (χ4n) is 2.94. The molecule has 0 bridgehead atoms. The summed E-state index contributed by atoms with van der Waals surface area (Å²) in [7, 11) is 3.33. The minimum atomic E-state index is 0.431. The average molecular weight is 379 g/mol. The molecule has 0 spiro atoms. The van der Waals surface area contributed by atoms with Crippen molar-refractivity contribution in [2.45, 2.75) is 12.8 Å². The van der Waals surface area contributed by atoms with Gasteiger partial charge in [-0.05, 0) is 31.0 Å². The van der Waals surface area contributed by atoms with Gasteiger partial charge in [-0.1, -0.05) is 29.3 Å². The maximum absolute atomic E-state index is 6.19. The molecule has 3 rings (SSSR count). The molecule has 6 heteroatoms. The summed E-state index contributed by atoms with van der Waals surface area (Å²) in [6.07, 6.45) is 4.11. The molecule has 0 radical (unpaired) electrons. The molecule has 0 aliphatic carbocycles. The zero-order valence-electron chi connectivity index (χ0n) is 14.3. The Labute approximate surface area is 158 Å². The topological polar surface area (TPSA) is 34.1 Å². The first-order valence-electron chi connectivity index (χ1n) is 8.13. The molecule has 0 saturated carbocycles. The van der Waals surface area contributed by atoms with Crippen LogP contribution in [-0.2, 0) is 0 Å². The third-order valence-corrected chi connectivity index (χ3v) is 5.06. The van der Waals surface area contributed by atoms with Crippen molar-refractivity contribution in [3.05, 3.63) is 45.9 Å². The zero-order valence-corrected chi connectivity index (χ0v) is 15.8. The van der Waals surface area contributed by atoms with Gasteiger partial charge in [0.25, 0.3) is 0 Å². The van der Waals surface area contributed by atoms with Crippen LogP contribution in [-0.4, -0.2) is 33.5 Å². The largest absolute Gasteiger partial charge is 0.496 e. The molecule has 0 N–H and O–H groups in total. The summed E-state index contributed by atoms with van der Waals surface area (Å²) in [5, 5.41) is 0.908. The van der Waals surface area contributed by atoms with Gasteiger partial charge in [0.05, 0.1) is 35.6 Å². The van der Waals surface area contributed by atoms with Crippen LogP contribution in [0.5, 0.6) is 11.5 Å². The molecule has 25 heavy (non-hydrogen) atoms. The fourth-order valence-corrected chi connectivity index (χ4v) is 3.29. The van der Waals surface area contributed by atoms with E-state index < -0.39 is 0 Å². The summed E-state index contributed by atoms with van der Waals surface area (Å²) in [6, 6.07) is 9.30. The maximum atomic E-state index is 6.19. The summed E-state index contributed by atoms with van der Waals surface area (Å²) in [6.45, 7) is 2.07. The summed E-state index contributed by atoms with van der Waals surface area (Å²) in [4.78, 5) is 6.77. The molecule has 0 amide bonds. The first kappa shape index (κ1) is 17.9. The number of aliphatic imine (C=N–C) groups is 1. The van der Waals surface area contributed by atoms with Gasteiger partial charge < -0.3 is 14.4 Å². The monoisotopic (exact) mass is 378 g/mol. The molecular formula is C19H20Cl2N2O2. The number of nitrogens with zero attached hydrogens (tertiary/aromatic N) is 2. The van der Waals surface area contributed by atoms with Gasteiger partial charge in [-0.25, -0.2) is 0 Å². The molecule has 4 nitrogen and oxygen atoms in total. The van der Waals surface area contributed by atoms with Gasteiger partial charge in [-0.3, -0.25) is 4.99 Å². The van der Waals surface area contributed by atoms with Crippen molar-refractivity contribution in [1.82, 2.24) is 0 Å². The van der Waals surface area contributed by atoms with Crippen LogP contribution in [0.25, 0.3) is 0 Å². The number of methoxy groups -OCH3 is 2. The van der Waals surface area contributed by atoms with Crippen LogP contribution in [0.3, 0.4) is 0 Å². The second kappa shape index (κ2) is 7.98. The molecule has 0 atom stereocenters. The summed E-state index contributed by atoms with van der Waals surface area (Å²) in [5.41, 5.74) is 2.48. The van der Waals surface area contributed by atoms with Crippen molar-refractivity contribution in [2.24, 2.45) is 4.99 Å². The third kappa shape index (κ3) is 3.86. The van der Waals surface area contributed by atoms with E-state index in [9.17, 15) is 0 Å². The summed E-state index contributed by atoms with van der Waals surface area (Å²) >= 11 is 12.2. The molecule has 1 fully saturated rings. The highest BCUT2D eigenvalue weighted by molar-refractivity contribution is 6.43. The highest BCUT2D eigenvalue weighted by Crippen LogP contribution is 2.37. The molecular weight excluding hydrogens is 359 g/mol. The van der Waals surface area contributed by atoms with Crippen LogP contribution in [0, 0.1) is 0 Å². The second-order valence-electron chi connectivity index (χ2n) is 5.79. The van der Waals surface area contributed by atoms with Crippen LogP contribution in [0.2, 0.25) is 10.0 Å². The lowest BCUT2D eigenvalue weighted by atomic mass is 10.1. The van der Waals surface area contributed by atoms with E-state index in [1.807, 2.05) is 24.3 Å². The Hall–Kier alpha value is -1.91. The van der Waals surface area contributed by atoms with E-state index >= 15 is 0 Å². The van der Waals surface area contributed by atoms with E-state index in [1.165, 1.54) is 12.8 Å². The van der Waals surface area contributed by atoms with Crippen molar-refractivity contribution >= 4 is 40.8 Å². The van der Waals surface area contributed by atoms with Gasteiger partial charge >= 0.3 is 0 Å². The molecule has 1 aliphatic heterocycles.